The summed E-state index contributed by atoms with van der Waals surface area (Å²) in [6, 6.07) is 13.4. The van der Waals surface area contributed by atoms with Crippen LogP contribution in [-0.4, -0.2) is 26.6 Å². The summed E-state index contributed by atoms with van der Waals surface area (Å²) in [7, 11) is 0. The van der Waals surface area contributed by atoms with Gasteiger partial charge < -0.3 is 4.90 Å². The summed E-state index contributed by atoms with van der Waals surface area (Å²) < 4.78 is 15.5. The zero-order valence-corrected chi connectivity index (χ0v) is 15.9. The number of amides is 1. The molecule has 2 aromatic carbocycles. The lowest BCUT2D eigenvalue weighted by Gasteiger charge is -2.24. The topological polar surface area (TPSA) is 55.2 Å². The maximum Gasteiger partial charge on any atom is 0.275 e. The number of rotatable bonds is 5. The number of fused-ring (bicyclic) bond motifs is 1. The summed E-state index contributed by atoms with van der Waals surface area (Å²) in [5.41, 5.74) is 0.505. The zero-order chi connectivity index (χ0) is 19.8. The van der Waals surface area contributed by atoms with Gasteiger partial charge in [0.05, 0.1) is 11.4 Å². The first-order chi connectivity index (χ1) is 13.5. The Balaban J connectivity index is 1.81. The maximum atomic E-state index is 14.2. The van der Waals surface area contributed by atoms with Gasteiger partial charge in [-0.3, -0.25) is 9.59 Å². The van der Waals surface area contributed by atoms with E-state index in [1.54, 1.807) is 47.4 Å². The van der Waals surface area contributed by atoms with E-state index in [0.717, 1.165) is 12.8 Å². The normalized spacial score (nSPS) is 13.9. The number of aromatic nitrogens is 2. The van der Waals surface area contributed by atoms with Crippen molar-refractivity contribution in [3.8, 4) is 0 Å². The lowest BCUT2D eigenvalue weighted by molar-refractivity contribution is 0.0721. The highest BCUT2D eigenvalue weighted by atomic mass is 19.1. The number of hydrogen-bond acceptors (Lipinski definition) is 3. The van der Waals surface area contributed by atoms with E-state index in [0.29, 0.717) is 16.3 Å². The molecule has 6 heteroatoms. The van der Waals surface area contributed by atoms with Crippen LogP contribution in [0.2, 0.25) is 0 Å². The van der Waals surface area contributed by atoms with Gasteiger partial charge in [-0.2, -0.15) is 5.10 Å². The largest absolute Gasteiger partial charge is 0.330 e. The van der Waals surface area contributed by atoms with Gasteiger partial charge in [0.1, 0.15) is 5.82 Å². The van der Waals surface area contributed by atoms with Crippen LogP contribution in [0.15, 0.2) is 53.3 Å². The smallest absolute Gasteiger partial charge is 0.275 e. The van der Waals surface area contributed by atoms with Gasteiger partial charge in [-0.25, -0.2) is 9.07 Å². The van der Waals surface area contributed by atoms with Crippen molar-refractivity contribution in [2.45, 2.75) is 45.3 Å². The molecule has 1 aliphatic carbocycles. The van der Waals surface area contributed by atoms with E-state index in [-0.39, 0.29) is 41.6 Å². The number of nitrogens with zero attached hydrogens (tertiary/aromatic N) is 3. The summed E-state index contributed by atoms with van der Waals surface area (Å²) in [4.78, 5) is 27.9. The second kappa shape index (κ2) is 7.19. The maximum absolute atomic E-state index is 14.2. The van der Waals surface area contributed by atoms with Gasteiger partial charge >= 0.3 is 0 Å². The number of halogens is 1. The Morgan fingerprint density at radius 2 is 1.79 bits per heavy atom. The number of carbonyl (C=O) groups excluding carboxylic acids is 1. The first kappa shape index (κ1) is 18.3. The third-order valence-electron chi connectivity index (χ3n) is 5.07. The second-order valence-corrected chi connectivity index (χ2v) is 7.49. The molecule has 144 valence electrons. The predicted molar refractivity (Wildman–Crippen MR) is 106 cm³/mol. The molecule has 1 amide bonds. The van der Waals surface area contributed by atoms with Crippen LogP contribution in [0.1, 0.15) is 48.8 Å². The Morgan fingerprint density at radius 3 is 2.43 bits per heavy atom. The molecule has 1 aliphatic rings. The summed E-state index contributed by atoms with van der Waals surface area (Å²) in [5, 5.41) is 5.42. The van der Waals surface area contributed by atoms with Crippen molar-refractivity contribution in [1.29, 1.82) is 0 Å². The Bertz CT molecular complexity index is 1100. The lowest BCUT2D eigenvalue weighted by Crippen LogP contribution is -2.36. The van der Waals surface area contributed by atoms with Crippen molar-refractivity contribution in [3.63, 3.8) is 0 Å². The molecule has 28 heavy (non-hydrogen) atoms. The Kier molecular flexibility index (Phi) is 4.71. The highest BCUT2D eigenvalue weighted by molar-refractivity contribution is 6.05. The van der Waals surface area contributed by atoms with Crippen molar-refractivity contribution in [2.75, 3.05) is 0 Å². The van der Waals surface area contributed by atoms with Gasteiger partial charge in [-0.05, 0) is 38.8 Å². The van der Waals surface area contributed by atoms with Crippen LogP contribution in [-0.2, 0) is 6.54 Å². The van der Waals surface area contributed by atoms with E-state index in [9.17, 15) is 14.0 Å². The quantitative estimate of drug-likeness (QED) is 0.675. The molecule has 0 spiro atoms. The van der Waals surface area contributed by atoms with Crippen molar-refractivity contribution >= 4 is 16.7 Å². The van der Waals surface area contributed by atoms with Crippen LogP contribution in [0.4, 0.5) is 4.39 Å². The molecule has 0 saturated heterocycles. The summed E-state index contributed by atoms with van der Waals surface area (Å²) in [5.74, 6) is -0.595. The molecule has 1 aromatic heterocycles. The van der Waals surface area contributed by atoms with E-state index in [4.69, 9.17) is 0 Å². The van der Waals surface area contributed by atoms with Crippen molar-refractivity contribution in [3.05, 3.63) is 76.0 Å². The van der Waals surface area contributed by atoms with E-state index < -0.39 is 0 Å². The molecule has 3 aromatic rings. The minimum Gasteiger partial charge on any atom is -0.330 e. The molecule has 0 N–H and O–H groups in total. The first-order valence-electron chi connectivity index (χ1n) is 9.53. The van der Waals surface area contributed by atoms with Crippen LogP contribution in [0.25, 0.3) is 10.8 Å². The SMILES string of the molecule is CC(C)n1nc(C(=O)N(Cc2ccccc2F)C2CC2)c2ccccc2c1=O. The molecule has 0 bridgehead atoms. The molecule has 5 nitrogen and oxygen atoms in total. The zero-order valence-electron chi connectivity index (χ0n) is 15.9. The number of benzene rings is 2. The minimum absolute atomic E-state index is 0.0760. The molecule has 1 heterocycles. The third-order valence-corrected chi connectivity index (χ3v) is 5.07. The second-order valence-electron chi connectivity index (χ2n) is 7.49. The van der Waals surface area contributed by atoms with Gasteiger partial charge in [0, 0.05) is 23.5 Å². The van der Waals surface area contributed by atoms with Gasteiger partial charge in [0.2, 0.25) is 0 Å². The molecule has 1 saturated carbocycles. The summed E-state index contributed by atoms with van der Waals surface area (Å²) in [6.45, 7) is 3.90. The van der Waals surface area contributed by atoms with Crippen molar-refractivity contribution in [2.24, 2.45) is 0 Å². The summed E-state index contributed by atoms with van der Waals surface area (Å²) >= 11 is 0. The summed E-state index contributed by atoms with van der Waals surface area (Å²) in [6.07, 6.45) is 1.78. The van der Waals surface area contributed by atoms with Crippen LogP contribution < -0.4 is 5.56 Å². The van der Waals surface area contributed by atoms with Gasteiger partial charge in [0.25, 0.3) is 11.5 Å². The third kappa shape index (κ3) is 3.30. The van der Waals surface area contributed by atoms with Crippen LogP contribution >= 0.6 is 0 Å². The molecule has 0 aliphatic heterocycles. The fraction of sp³-hybridized carbons (Fsp3) is 0.318. The highest BCUT2D eigenvalue weighted by Gasteiger charge is 2.35. The molecular weight excluding hydrogens is 357 g/mol. The van der Waals surface area contributed by atoms with Crippen molar-refractivity contribution < 1.29 is 9.18 Å². The monoisotopic (exact) mass is 379 g/mol. The molecular formula is C22H22FN3O2. The van der Waals surface area contributed by atoms with Crippen LogP contribution in [0.5, 0.6) is 0 Å². The van der Waals surface area contributed by atoms with E-state index >= 15 is 0 Å². The standard InChI is InChI=1S/C22H22FN3O2/c1-14(2)26-21(27)18-9-5-4-8-17(18)20(24-26)22(28)25(16-11-12-16)13-15-7-3-6-10-19(15)23/h3-10,14,16H,11-13H2,1-2H3. The van der Waals surface area contributed by atoms with Crippen LogP contribution in [0.3, 0.4) is 0 Å². The fourth-order valence-electron chi connectivity index (χ4n) is 3.41. The molecule has 0 radical (unpaired) electrons. The fourth-order valence-corrected chi connectivity index (χ4v) is 3.41. The lowest BCUT2D eigenvalue weighted by atomic mass is 10.1. The minimum atomic E-state index is -0.328. The van der Waals surface area contributed by atoms with E-state index in [1.807, 2.05) is 13.8 Å². The Hall–Kier alpha value is -3.02. The molecule has 0 unspecified atom stereocenters. The average molecular weight is 379 g/mol. The Labute approximate surface area is 162 Å². The van der Waals surface area contributed by atoms with E-state index in [2.05, 4.69) is 5.10 Å². The molecule has 4 rings (SSSR count). The number of hydrogen-bond donors (Lipinski definition) is 0. The molecule has 1 fully saturated rings. The highest BCUT2D eigenvalue weighted by Crippen LogP contribution is 2.31. The number of carbonyl (C=O) groups is 1. The first-order valence-corrected chi connectivity index (χ1v) is 9.53. The van der Waals surface area contributed by atoms with Gasteiger partial charge in [0.15, 0.2) is 5.69 Å². The average Bonchev–Trinajstić information content (AvgIpc) is 3.52. The van der Waals surface area contributed by atoms with Gasteiger partial charge in [-0.15, -0.1) is 0 Å². The molecule has 0 atom stereocenters. The van der Waals surface area contributed by atoms with E-state index in [1.165, 1.54) is 10.7 Å². The van der Waals surface area contributed by atoms with Crippen LogP contribution in [0, 0.1) is 5.82 Å². The Morgan fingerprint density at radius 1 is 1.14 bits per heavy atom. The van der Waals surface area contributed by atoms with Crippen molar-refractivity contribution in [1.82, 2.24) is 14.7 Å². The van der Waals surface area contributed by atoms with Gasteiger partial charge in [-0.1, -0.05) is 36.4 Å². The predicted octanol–water partition coefficient (Wildman–Crippen LogP) is 3.92.